The first-order valence-corrected chi connectivity index (χ1v) is 6.84. The number of rotatable bonds is 4. The summed E-state index contributed by atoms with van der Waals surface area (Å²) in [6.07, 6.45) is -11.1. The molecule has 11 heteroatoms. The van der Waals surface area contributed by atoms with Crippen LogP contribution >= 0.6 is 11.8 Å². The molecule has 0 spiro atoms. The van der Waals surface area contributed by atoms with Gasteiger partial charge in [0.15, 0.2) is 0 Å². The quantitative estimate of drug-likeness (QED) is 0.649. The van der Waals surface area contributed by atoms with Gasteiger partial charge in [-0.3, -0.25) is 15.6 Å². The van der Waals surface area contributed by atoms with Crippen LogP contribution in [0.2, 0.25) is 0 Å². The zero-order valence-electron chi connectivity index (χ0n) is 10.8. The molecule has 22 heavy (non-hydrogen) atoms. The molecule has 0 amide bonds. The molecule has 1 heterocycles. The molecule has 0 radical (unpaired) electrons. The van der Waals surface area contributed by atoms with Gasteiger partial charge in [0, 0.05) is 5.75 Å². The summed E-state index contributed by atoms with van der Waals surface area (Å²) in [5.41, 5.74) is 2.73. The molecule has 1 aromatic carbocycles. The minimum absolute atomic E-state index is 0.250. The maximum atomic E-state index is 12.7. The van der Waals surface area contributed by atoms with Crippen LogP contribution in [0.5, 0.6) is 5.75 Å². The Morgan fingerprint density at radius 1 is 1.18 bits per heavy atom. The van der Waals surface area contributed by atoms with E-state index in [1.165, 1.54) is 23.9 Å². The Morgan fingerprint density at radius 2 is 1.82 bits per heavy atom. The second kappa shape index (κ2) is 6.16. The number of thioether (sulfide) groups is 1. The van der Waals surface area contributed by atoms with E-state index in [1.54, 1.807) is 0 Å². The van der Waals surface area contributed by atoms with Crippen molar-refractivity contribution in [3.05, 3.63) is 24.3 Å². The largest absolute Gasteiger partial charge is 0.499 e. The van der Waals surface area contributed by atoms with Crippen molar-refractivity contribution in [3.63, 3.8) is 0 Å². The fraction of sp³-hybridized carbons (Fsp3) is 0.364. The third-order valence-corrected chi connectivity index (χ3v) is 3.36. The lowest BCUT2D eigenvalue weighted by molar-refractivity contribution is -0.360. The van der Waals surface area contributed by atoms with Crippen LogP contribution < -0.4 is 10.2 Å². The van der Waals surface area contributed by atoms with E-state index in [0.29, 0.717) is 22.6 Å². The fourth-order valence-electron chi connectivity index (χ4n) is 1.43. The summed E-state index contributed by atoms with van der Waals surface area (Å²) in [7, 11) is 0. The molecule has 2 rings (SSSR count). The van der Waals surface area contributed by atoms with Crippen LogP contribution in [0.3, 0.4) is 0 Å². The van der Waals surface area contributed by atoms with E-state index in [0.717, 1.165) is 12.1 Å². The number of halogens is 5. The van der Waals surface area contributed by atoms with Gasteiger partial charge in [-0.15, -0.1) is 5.17 Å². The van der Waals surface area contributed by atoms with Crippen molar-refractivity contribution in [1.29, 1.82) is 0 Å². The highest BCUT2D eigenvalue weighted by Gasteiger charge is 2.61. The van der Waals surface area contributed by atoms with Crippen molar-refractivity contribution in [2.24, 2.45) is 4.99 Å². The van der Waals surface area contributed by atoms with Crippen LogP contribution in [0.15, 0.2) is 29.3 Å². The second-order valence-corrected chi connectivity index (χ2v) is 5.14. The molecule has 0 saturated carbocycles. The number of hydrogen-bond acceptors (Lipinski definition) is 6. The molecule has 122 valence electrons. The van der Waals surface area contributed by atoms with E-state index in [2.05, 4.69) is 15.2 Å². The van der Waals surface area contributed by atoms with Crippen molar-refractivity contribution >= 4 is 22.6 Å². The van der Waals surface area contributed by atoms with Crippen molar-refractivity contribution in [3.8, 4) is 5.75 Å². The topological polar surface area (TPSA) is 57.1 Å². The normalized spacial score (nSPS) is 15.5. The third-order valence-electron chi connectivity index (χ3n) is 2.42. The third kappa shape index (κ3) is 3.91. The molecular formula is C11H10F5N3O2S. The Balaban J connectivity index is 1.98. The SMILES string of the molecule is ON(Nc1ccc(OC(F)(F)C(F)(F)F)cc1)C1=NCCS1. The highest BCUT2D eigenvalue weighted by molar-refractivity contribution is 8.14. The number of aliphatic imine (C=N–C) groups is 1. The van der Waals surface area contributed by atoms with E-state index in [-0.39, 0.29) is 5.69 Å². The van der Waals surface area contributed by atoms with Crippen LogP contribution in [-0.2, 0) is 0 Å². The zero-order chi connectivity index (χ0) is 16.4. The van der Waals surface area contributed by atoms with E-state index in [1.807, 2.05) is 0 Å². The van der Waals surface area contributed by atoms with E-state index < -0.39 is 18.0 Å². The Bertz CT molecular complexity index is 550. The van der Waals surface area contributed by atoms with Gasteiger partial charge in [0.2, 0.25) is 5.17 Å². The molecule has 0 unspecified atom stereocenters. The Kier molecular flexibility index (Phi) is 4.66. The van der Waals surface area contributed by atoms with Gasteiger partial charge in [-0.1, -0.05) is 11.8 Å². The molecule has 0 bridgehead atoms. The maximum Gasteiger partial charge on any atom is 0.499 e. The summed E-state index contributed by atoms with van der Waals surface area (Å²) in [6.45, 7) is 0.554. The molecule has 1 aliphatic heterocycles. The van der Waals surface area contributed by atoms with Crippen molar-refractivity contribution in [2.75, 3.05) is 17.7 Å². The summed E-state index contributed by atoms with van der Waals surface area (Å²) in [4.78, 5) is 3.97. The predicted octanol–water partition coefficient (Wildman–Crippen LogP) is 3.34. The lowest BCUT2D eigenvalue weighted by Gasteiger charge is -2.21. The number of nitrogens with zero attached hydrogens (tertiary/aromatic N) is 2. The van der Waals surface area contributed by atoms with Gasteiger partial charge in [-0.25, -0.2) is 0 Å². The van der Waals surface area contributed by atoms with Crippen LogP contribution in [0.1, 0.15) is 0 Å². The summed E-state index contributed by atoms with van der Waals surface area (Å²) in [5.74, 6) is 0.0536. The summed E-state index contributed by atoms with van der Waals surface area (Å²) in [5, 5.41) is 10.6. The number of hydrogen-bond donors (Lipinski definition) is 2. The summed E-state index contributed by atoms with van der Waals surface area (Å²) in [6, 6.07) is 4.18. The average molecular weight is 343 g/mol. The second-order valence-electron chi connectivity index (χ2n) is 4.08. The number of anilines is 1. The van der Waals surface area contributed by atoms with Crippen molar-refractivity contribution in [1.82, 2.24) is 5.17 Å². The number of alkyl halides is 5. The molecular weight excluding hydrogens is 333 g/mol. The lowest BCUT2D eigenvalue weighted by atomic mass is 10.3. The number of hydrazine groups is 1. The van der Waals surface area contributed by atoms with Gasteiger partial charge in [-0.2, -0.15) is 22.0 Å². The minimum atomic E-state index is -5.80. The summed E-state index contributed by atoms with van der Waals surface area (Å²) < 4.78 is 65.0. The first-order chi connectivity index (χ1) is 10.2. The Morgan fingerprint density at radius 3 is 2.32 bits per heavy atom. The monoisotopic (exact) mass is 343 g/mol. The Hall–Kier alpha value is -1.75. The molecule has 0 saturated heterocycles. The molecule has 0 fully saturated rings. The lowest BCUT2D eigenvalue weighted by Crippen LogP contribution is -2.41. The number of ether oxygens (including phenoxy) is 1. The number of nitrogens with one attached hydrogen (secondary N) is 1. The molecule has 1 aliphatic rings. The van der Waals surface area contributed by atoms with Gasteiger partial charge >= 0.3 is 12.3 Å². The fourth-order valence-corrected chi connectivity index (χ4v) is 2.14. The predicted molar refractivity (Wildman–Crippen MR) is 70.1 cm³/mol. The molecule has 1 aromatic rings. The number of benzene rings is 1. The highest BCUT2D eigenvalue weighted by atomic mass is 32.2. The van der Waals surface area contributed by atoms with E-state index >= 15 is 0 Å². The highest BCUT2D eigenvalue weighted by Crippen LogP contribution is 2.37. The van der Waals surface area contributed by atoms with Crippen LogP contribution in [0.4, 0.5) is 27.6 Å². The van der Waals surface area contributed by atoms with Gasteiger partial charge in [0.05, 0.1) is 12.2 Å². The van der Waals surface area contributed by atoms with Crippen molar-refractivity contribution in [2.45, 2.75) is 12.3 Å². The summed E-state index contributed by atoms with van der Waals surface area (Å²) >= 11 is 1.30. The molecule has 0 atom stereocenters. The first kappa shape index (κ1) is 16.6. The molecule has 5 nitrogen and oxygen atoms in total. The smallest absolute Gasteiger partial charge is 0.426 e. The van der Waals surface area contributed by atoms with E-state index in [4.69, 9.17) is 0 Å². The standard InChI is InChI=1S/C11H10F5N3O2S/c12-10(13,14)11(15,16)21-8-3-1-7(2-4-8)18-19(20)9-17-5-6-22-9/h1-4,18,20H,5-6H2. The number of hydroxylamine groups is 1. The van der Waals surface area contributed by atoms with Crippen LogP contribution in [0, 0.1) is 0 Å². The average Bonchev–Trinajstić information content (AvgIpc) is 2.93. The van der Waals surface area contributed by atoms with Crippen LogP contribution in [0.25, 0.3) is 0 Å². The zero-order valence-corrected chi connectivity index (χ0v) is 11.6. The van der Waals surface area contributed by atoms with Gasteiger partial charge < -0.3 is 4.74 Å². The molecule has 0 aliphatic carbocycles. The number of amidine groups is 1. The van der Waals surface area contributed by atoms with Crippen LogP contribution in [-0.4, -0.2) is 40.1 Å². The van der Waals surface area contributed by atoms with Crippen molar-refractivity contribution < 1.29 is 31.9 Å². The van der Waals surface area contributed by atoms with Gasteiger partial charge in [0.25, 0.3) is 0 Å². The minimum Gasteiger partial charge on any atom is -0.426 e. The molecule has 2 N–H and O–H groups in total. The van der Waals surface area contributed by atoms with Gasteiger partial charge in [-0.05, 0) is 24.3 Å². The Labute approximate surface area is 125 Å². The first-order valence-electron chi connectivity index (χ1n) is 5.85. The molecule has 0 aromatic heterocycles. The van der Waals surface area contributed by atoms with E-state index in [9.17, 15) is 27.2 Å². The van der Waals surface area contributed by atoms with Gasteiger partial charge in [0.1, 0.15) is 5.75 Å². The maximum absolute atomic E-state index is 12.7.